The lowest BCUT2D eigenvalue weighted by Gasteiger charge is -2.30. The van der Waals surface area contributed by atoms with Crippen molar-refractivity contribution in [1.29, 1.82) is 0 Å². The van der Waals surface area contributed by atoms with Crippen LogP contribution >= 0.6 is 0 Å². The molecule has 0 aliphatic carbocycles. The molecule has 1 saturated heterocycles. The highest BCUT2D eigenvalue weighted by molar-refractivity contribution is 5.99. The highest BCUT2D eigenvalue weighted by Gasteiger charge is 2.27. The molecule has 0 bridgehead atoms. The van der Waals surface area contributed by atoms with Gasteiger partial charge in [-0.15, -0.1) is 0 Å². The molecule has 1 N–H and O–H groups in total. The Labute approximate surface area is 128 Å². The molecule has 7 heteroatoms. The number of ether oxygens (including phenoxy) is 1. The summed E-state index contributed by atoms with van der Waals surface area (Å²) in [5.74, 6) is -0.727. The zero-order valence-corrected chi connectivity index (χ0v) is 12.7. The van der Waals surface area contributed by atoms with Gasteiger partial charge in [0, 0.05) is 6.21 Å². The summed E-state index contributed by atoms with van der Waals surface area (Å²) in [7, 11) is 1.20. The molecule has 0 radical (unpaired) electrons. The van der Waals surface area contributed by atoms with Crippen molar-refractivity contribution in [1.82, 2.24) is 5.32 Å². The van der Waals surface area contributed by atoms with Gasteiger partial charge in [-0.25, -0.2) is 4.79 Å². The van der Waals surface area contributed by atoms with E-state index in [1.54, 1.807) is 12.1 Å². The van der Waals surface area contributed by atoms with Crippen LogP contribution in [0.4, 0.5) is 5.69 Å². The minimum absolute atomic E-state index is 0.0630. The number of nitrogens with one attached hydrogen (secondary N) is 1. The maximum atomic E-state index is 11.7. The molecule has 118 valence electrons. The van der Waals surface area contributed by atoms with E-state index in [0.29, 0.717) is 5.56 Å². The molecule has 7 nitrogen and oxygen atoms in total. The quantitative estimate of drug-likeness (QED) is 0.397. The minimum atomic E-state index is -0.727. The molecule has 1 fully saturated rings. The second-order valence-corrected chi connectivity index (χ2v) is 5.50. The molecule has 0 amide bonds. The Bertz CT molecular complexity index is 607. The fourth-order valence-corrected chi connectivity index (χ4v) is 2.46. The Morgan fingerprint density at radius 1 is 1.45 bits per heavy atom. The number of carbonyl (C=O) groups excluding carboxylic acids is 1. The number of benzene rings is 1. The summed E-state index contributed by atoms with van der Waals surface area (Å²) in [6.45, 7) is 3.77. The third kappa shape index (κ3) is 3.48. The fraction of sp³-hybridized carbons (Fsp3) is 0.467. The number of nitrogens with zero attached hydrogens (tertiary/aromatic N) is 2. The smallest absolute Gasteiger partial charge is 0.344 e. The van der Waals surface area contributed by atoms with E-state index in [0.717, 1.165) is 25.9 Å². The number of rotatable bonds is 4. The maximum absolute atomic E-state index is 11.7. The Morgan fingerprint density at radius 2 is 2.14 bits per heavy atom. The minimum Gasteiger partial charge on any atom is -0.465 e. The Balaban J connectivity index is 2.38. The van der Waals surface area contributed by atoms with Gasteiger partial charge in [0.25, 0.3) is 5.69 Å². The predicted octanol–water partition coefficient (Wildman–Crippen LogP) is 1.94. The highest BCUT2D eigenvalue weighted by Crippen LogP contribution is 2.26. The van der Waals surface area contributed by atoms with Gasteiger partial charge in [0.15, 0.2) is 0 Å². The number of para-hydroxylation sites is 1. The molecule has 0 unspecified atom stereocenters. The van der Waals surface area contributed by atoms with Crippen molar-refractivity contribution >= 4 is 17.9 Å². The van der Waals surface area contributed by atoms with Crippen molar-refractivity contribution in [3.05, 3.63) is 39.4 Å². The molecule has 1 aromatic carbocycles. The van der Waals surface area contributed by atoms with Crippen LogP contribution < -0.4 is 5.32 Å². The van der Waals surface area contributed by atoms with E-state index in [1.165, 1.54) is 19.4 Å². The van der Waals surface area contributed by atoms with Crippen LogP contribution in [0.2, 0.25) is 0 Å². The van der Waals surface area contributed by atoms with Crippen molar-refractivity contribution in [2.75, 3.05) is 20.2 Å². The van der Waals surface area contributed by atoms with E-state index in [4.69, 9.17) is 0 Å². The van der Waals surface area contributed by atoms with E-state index >= 15 is 0 Å². The Kier molecular flexibility index (Phi) is 4.87. The second kappa shape index (κ2) is 6.65. The zero-order chi connectivity index (χ0) is 16.2. The Morgan fingerprint density at radius 3 is 2.73 bits per heavy atom. The summed E-state index contributed by atoms with van der Waals surface area (Å²) < 4.78 is 4.60. The molecular weight excluding hydrogens is 286 g/mol. The standard InChI is InChI=1S/C15H19N3O4/c1-15(6-8-16-9-7-15)17-10-11-4-3-5-12(14(19)22-2)13(11)18(20)21/h3-5,10,16H,6-9H2,1-2H3. The van der Waals surface area contributed by atoms with Gasteiger partial charge >= 0.3 is 5.97 Å². The van der Waals surface area contributed by atoms with Gasteiger partial charge in [-0.3, -0.25) is 15.1 Å². The molecule has 1 aromatic rings. The Hall–Kier alpha value is -2.28. The van der Waals surface area contributed by atoms with E-state index < -0.39 is 10.9 Å². The number of nitro benzene ring substituents is 1. The van der Waals surface area contributed by atoms with Gasteiger partial charge in [0.05, 0.1) is 23.1 Å². The average Bonchev–Trinajstić information content (AvgIpc) is 2.52. The molecular formula is C15H19N3O4. The number of hydrogen-bond acceptors (Lipinski definition) is 6. The van der Waals surface area contributed by atoms with E-state index in [2.05, 4.69) is 15.0 Å². The number of methoxy groups -OCH3 is 1. The van der Waals surface area contributed by atoms with Crippen LogP contribution in [-0.2, 0) is 4.74 Å². The molecule has 0 atom stereocenters. The van der Waals surface area contributed by atoms with Crippen LogP contribution in [0, 0.1) is 10.1 Å². The third-order valence-electron chi connectivity index (χ3n) is 3.85. The average molecular weight is 305 g/mol. The van der Waals surface area contributed by atoms with Gasteiger partial charge in [-0.2, -0.15) is 0 Å². The molecule has 2 rings (SSSR count). The molecule has 1 aliphatic heterocycles. The summed E-state index contributed by atoms with van der Waals surface area (Å²) in [6, 6.07) is 4.55. The van der Waals surface area contributed by atoms with Gasteiger partial charge in [-0.05, 0) is 45.0 Å². The van der Waals surface area contributed by atoms with Gasteiger partial charge < -0.3 is 10.1 Å². The lowest BCUT2D eigenvalue weighted by molar-refractivity contribution is -0.385. The number of hydrogen-bond donors (Lipinski definition) is 1. The van der Waals surface area contributed by atoms with E-state index in [1.807, 2.05) is 6.92 Å². The van der Waals surface area contributed by atoms with Crippen molar-refractivity contribution in [3.8, 4) is 0 Å². The first kappa shape index (κ1) is 16.1. The lowest BCUT2D eigenvalue weighted by Crippen LogP contribution is -2.38. The number of piperidine rings is 1. The SMILES string of the molecule is COC(=O)c1cccc(C=NC2(C)CCNCC2)c1[N+](=O)[O-]. The lowest BCUT2D eigenvalue weighted by atomic mass is 9.91. The predicted molar refractivity (Wildman–Crippen MR) is 82.5 cm³/mol. The summed E-state index contributed by atoms with van der Waals surface area (Å²) in [5.41, 5.74) is -0.254. The van der Waals surface area contributed by atoms with Crippen LogP contribution in [0.5, 0.6) is 0 Å². The van der Waals surface area contributed by atoms with Crippen LogP contribution in [0.3, 0.4) is 0 Å². The monoisotopic (exact) mass is 305 g/mol. The number of esters is 1. The summed E-state index contributed by atoms with van der Waals surface area (Å²) in [4.78, 5) is 27.0. The largest absolute Gasteiger partial charge is 0.465 e. The summed E-state index contributed by atoms with van der Waals surface area (Å²) in [6.07, 6.45) is 3.23. The van der Waals surface area contributed by atoms with E-state index in [9.17, 15) is 14.9 Å². The topological polar surface area (TPSA) is 93.8 Å². The highest BCUT2D eigenvalue weighted by atomic mass is 16.6. The number of aliphatic imine (C=N–C) groups is 1. The molecule has 0 spiro atoms. The third-order valence-corrected chi connectivity index (χ3v) is 3.85. The van der Waals surface area contributed by atoms with Gasteiger partial charge in [0.1, 0.15) is 5.56 Å². The van der Waals surface area contributed by atoms with Crippen LogP contribution in [0.25, 0.3) is 0 Å². The van der Waals surface area contributed by atoms with Crippen molar-refractivity contribution in [3.63, 3.8) is 0 Å². The normalized spacial score (nSPS) is 17.4. The van der Waals surface area contributed by atoms with Gasteiger partial charge in [-0.1, -0.05) is 6.07 Å². The molecule has 0 aromatic heterocycles. The van der Waals surface area contributed by atoms with Crippen molar-refractivity contribution in [2.45, 2.75) is 25.3 Å². The zero-order valence-electron chi connectivity index (χ0n) is 12.7. The number of carbonyl (C=O) groups is 1. The van der Waals surface area contributed by atoms with Crippen molar-refractivity contribution < 1.29 is 14.5 Å². The molecule has 22 heavy (non-hydrogen) atoms. The van der Waals surface area contributed by atoms with Crippen LogP contribution in [-0.4, -0.2) is 42.8 Å². The maximum Gasteiger partial charge on any atom is 0.344 e. The van der Waals surface area contributed by atoms with E-state index in [-0.39, 0.29) is 16.8 Å². The first-order valence-electron chi connectivity index (χ1n) is 7.08. The van der Waals surface area contributed by atoms with Crippen molar-refractivity contribution in [2.24, 2.45) is 4.99 Å². The van der Waals surface area contributed by atoms with Crippen LogP contribution in [0.15, 0.2) is 23.2 Å². The first-order chi connectivity index (χ1) is 10.5. The summed E-state index contributed by atoms with van der Waals surface area (Å²) >= 11 is 0. The molecule has 0 saturated carbocycles. The van der Waals surface area contributed by atoms with Crippen LogP contribution in [0.1, 0.15) is 35.7 Å². The van der Waals surface area contributed by atoms with Gasteiger partial charge in [0.2, 0.25) is 0 Å². The first-order valence-corrected chi connectivity index (χ1v) is 7.08. The second-order valence-electron chi connectivity index (χ2n) is 5.50. The molecule has 1 aliphatic rings. The number of nitro groups is 1. The molecule has 1 heterocycles. The summed E-state index contributed by atoms with van der Waals surface area (Å²) in [5, 5.41) is 14.6. The fourth-order valence-electron chi connectivity index (χ4n) is 2.46.